The first-order valence-corrected chi connectivity index (χ1v) is 9.94. The van der Waals surface area contributed by atoms with Gasteiger partial charge in [-0.15, -0.1) is 0 Å². The highest BCUT2D eigenvalue weighted by Gasteiger charge is 2.65. The van der Waals surface area contributed by atoms with Crippen LogP contribution < -0.4 is 10.6 Å². The molecule has 0 aromatic heterocycles. The Hall–Kier alpha value is -3.09. The molecule has 0 unspecified atom stereocenters. The van der Waals surface area contributed by atoms with Crippen molar-refractivity contribution in [2.24, 2.45) is 0 Å². The molecule has 2 aromatic rings. The van der Waals surface area contributed by atoms with Crippen molar-refractivity contribution >= 4 is 33.4 Å². The van der Waals surface area contributed by atoms with Gasteiger partial charge in [0.15, 0.2) is 0 Å². The largest absolute Gasteiger partial charge is 0.450 e. The number of halogens is 5. The lowest BCUT2D eigenvalue weighted by Gasteiger charge is -2.40. The van der Waals surface area contributed by atoms with E-state index in [1.165, 1.54) is 18.2 Å². The van der Waals surface area contributed by atoms with Gasteiger partial charge in [0, 0.05) is 18.3 Å². The zero-order valence-electron chi connectivity index (χ0n) is 14.8. The Kier molecular flexibility index (Phi) is 5.41. The third-order valence-electron chi connectivity index (χ3n) is 3.55. The standard InChI is InChI=1S/C16H16F5N3O4S/c1-2-28-16(25)23-14-7-6-12(9-15(14)24(26)27)22-10-11-4-3-5-13(8-11)29(17,18,19,20)21/h3-9,22H,2,10H2,1H3,(H,23,25). The smallest absolute Gasteiger partial charge is 0.411 e. The number of anilines is 2. The van der Waals surface area contributed by atoms with Gasteiger partial charge in [0.25, 0.3) is 5.69 Å². The van der Waals surface area contributed by atoms with E-state index in [0.717, 1.165) is 12.1 Å². The molecular weight excluding hydrogens is 425 g/mol. The number of nitrogens with zero attached hydrogens (tertiary/aromatic N) is 1. The van der Waals surface area contributed by atoms with Crippen LogP contribution in [0.3, 0.4) is 0 Å². The van der Waals surface area contributed by atoms with Crippen molar-refractivity contribution in [3.8, 4) is 0 Å². The number of carbonyl (C=O) groups is 1. The molecule has 1 amide bonds. The molecule has 13 heteroatoms. The molecule has 0 bridgehead atoms. The molecule has 7 nitrogen and oxygen atoms in total. The second kappa shape index (κ2) is 7.06. The topological polar surface area (TPSA) is 93.5 Å². The number of nitro groups is 1. The molecule has 0 fully saturated rings. The molecule has 0 heterocycles. The highest BCUT2D eigenvalue weighted by molar-refractivity contribution is 8.45. The van der Waals surface area contributed by atoms with Crippen molar-refractivity contribution in [3.63, 3.8) is 0 Å². The zero-order valence-corrected chi connectivity index (χ0v) is 15.7. The van der Waals surface area contributed by atoms with Crippen LogP contribution in [0.2, 0.25) is 0 Å². The summed E-state index contributed by atoms with van der Waals surface area (Å²) in [5.74, 6) is 0. The van der Waals surface area contributed by atoms with Crippen LogP contribution in [-0.4, -0.2) is 17.6 Å². The first-order valence-electron chi connectivity index (χ1n) is 7.98. The highest BCUT2D eigenvalue weighted by Crippen LogP contribution is 3.02. The number of rotatable bonds is 7. The molecule has 0 aliphatic rings. The molecule has 0 atom stereocenters. The van der Waals surface area contributed by atoms with E-state index in [1.54, 1.807) is 6.92 Å². The number of hydrogen-bond donors (Lipinski definition) is 2. The number of hydrogen-bond acceptors (Lipinski definition) is 5. The Morgan fingerprint density at radius 2 is 1.83 bits per heavy atom. The lowest BCUT2D eigenvalue weighted by atomic mass is 10.2. The molecule has 0 saturated carbocycles. The molecule has 0 spiro atoms. The van der Waals surface area contributed by atoms with Gasteiger partial charge in [0.1, 0.15) is 10.6 Å². The fourth-order valence-corrected chi connectivity index (χ4v) is 2.98. The van der Waals surface area contributed by atoms with E-state index in [1.807, 2.05) is 0 Å². The molecule has 0 aliphatic carbocycles. The van der Waals surface area contributed by atoms with Crippen molar-refractivity contribution in [1.29, 1.82) is 0 Å². The summed E-state index contributed by atoms with van der Waals surface area (Å²) in [4.78, 5) is 19.8. The average Bonchev–Trinajstić information content (AvgIpc) is 2.59. The second-order valence-electron chi connectivity index (χ2n) is 5.80. The molecule has 0 radical (unpaired) electrons. The van der Waals surface area contributed by atoms with Crippen LogP contribution in [0.5, 0.6) is 0 Å². The summed E-state index contributed by atoms with van der Waals surface area (Å²) in [6.45, 7) is 1.30. The predicted molar refractivity (Wildman–Crippen MR) is 98.9 cm³/mol. The summed E-state index contributed by atoms with van der Waals surface area (Å²) in [5.41, 5.74) is -0.623. The lowest BCUT2D eigenvalue weighted by molar-refractivity contribution is -0.383. The van der Waals surface area contributed by atoms with Crippen LogP contribution in [0.4, 0.5) is 41.3 Å². The SMILES string of the molecule is CCOC(=O)Nc1ccc(NCc2cccc(S(F)(F)(F)(F)F)c2)cc1[N+](=O)[O-]. The number of ether oxygens (including phenoxy) is 1. The summed E-state index contributed by atoms with van der Waals surface area (Å²) in [5, 5.41) is 16.0. The third-order valence-corrected chi connectivity index (χ3v) is 4.69. The summed E-state index contributed by atoms with van der Waals surface area (Å²) < 4.78 is 69.1. The van der Waals surface area contributed by atoms with Gasteiger partial charge in [0.2, 0.25) is 0 Å². The molecule has 2 N–H and O–H groups in total. The van der Waals surface area contributed by atoms with E-state index < -0.39 is 31.8 Å². The van der Waals surface area contributed by atoms with Crippen LogP contribution in [-0.2, 0) is 11.3 Å². The van der Waals surface area contributed by atoms with Gasteiger partial charge in [-0.1, -0.05) is 31.6 Å². The van der Waals surface area contributed by atoms with Gasteiger partial charge in [-0.3, -0.25) is 15.4 Å². The number of amides is 1. The molecule has 0 aliphatic heterocycles. The minimum atomic E-state index is -9.81. The third kappa shape index (κ3) is 6.20. The maximum absolute atomic E-state index is 12.9. The average molecular weight is 441 g/mol. The molecular formula is C16H16F5N3O4S. The monoisotopic (exact) mass is 441 g/mol. The highest BCUT2D eigenvalue weighted by atomic mass is 32.5. The number of carbonyl (C=O) groups excluding carboxylic acids is 1. The first kappa shape index (κ1) is 22.2. The van der Waals surface area contributed by atoms with Gasteiger partial charge < -0.3 is 10.1 Å². The van der Waals surface area contributed by atoms with Crippen LogP contribution in [0.15, 0.2) is 47.4 Å². The van der Waals surface area contributed by atoms with Crippen molar-refractivity contribution in [2.75, 3.05) is 17.2 Å². The van der Waals surface area contributed by atoms with Gasteiger partial charge in [-0.2, -0.15) is 0 Å². The number of benzene rings is 2. The van der Waals surface area contributed by atoms with E-state index in [0.29, 0.717) is 6.07 Å². The van der Waals surface area contributed by atoms with Crippen LogP contribution in [0, 0.1) is 10.1 Å². The van der Waals surface area contributed by atoms with Crippen LogP contribution in [0.1, 0.15) is 12.5 Å². The van der Waals surface area contributed by atoms with Crippen molar-refractivity contribution in [2.45, 2.75) is 18.4 Å². The van der Waals surface area contributed by atoms with Crippen molar-refractivity contribution in [3.05, 3.63) is 58.1 Å². The van der Waals surface area contributed by atoms with Crippen LogP contribution in [0.25, 0.3) is 0 Å². The number of nitro benzene ring substituents is 1. The van der Waals surface area contributed by atoms with Gasteiger partial charge in [-0.25, -0.2) is 4.79 Å². The summed E-state index contributed by atoms with van der Waals surface area (Å²) >= 11 is 0. The molecule has 29 heavy (non-hydrogen) atoms. The van der Waals surface area contributed by atoms with Gasteiger partial charge in [-0.05, 0) is 36.8 Å². The summed E-state index contributed by atoms with van der Waals surface area (Å²) in [6.07, 6.45) is -0.899. The fourth-order valence-electron chi connectivity index (χ4n) is 2.28. The molecule has 2 aromatic carbocycles. The Bertz CT molecular complexity index is 954. The van der Waals surface area contributed by atoms with E-state index >= 15 is 0 Å². The zero-order chi connectivity index (χ0) is 21.9. The maximum atomic E-state index is 12.9. The second-order valence-corrected chi connectivity index (χ2v) is 8.21. The van der Waals surface area contributed by atoms with Crippen molar-refractivity contribution in [1.82, 2.24) is 0 Å². The minimum Gasteiger partial charge on any atom is -0.450 e. The minimum absolute atomic E-state index is 0.0529. The summed E-state index contributed by atoms with van der Waals surface area (Å²) in [7, 11) is -9.81. The Balaban J connectivity index is 2.21. The van der Waals surface area contributed by atoms with Gasteiger partial charge >= 0.3 is 16.3 Å². The van der Waals surface area contributed by atoms with E-state index in [4.69, 9.17) is 0 Å². The van der Waals surface area contributed by atoms with Crippen molar-refractivity contribution < 1.29 is 33.9 Å². The van der Waals surface area contributed by atoms with Crippen LogP contribution >= 0.6 is 10.2 Å². The molecule has 0 saturated heterocycles. The fraction of sp³-hybridized carbons (Fsp3) is 0.188. The Labute approximate surface area is 161 Å². The first-order chi connectivity index (χ1) is 13.2. The Morgan fingerprint density at radius 1 is 1.14 bits per heavy atom. The number of nitrogens with one attached hydrogen (secondary N) is 2. The van der Waals surface area contributed by atoms with E-state index in [-0.39, 0.29) is 36.2 Å². The normalized spacial score (nSPS) is 13.7. The predicted octanol–water partition coefficient (Wildman–Crippen LogP) is 6.43. The maximum Gasteiger partial charge on any atom is 0.411 e. The lowest BCUT2D eigenvalue weighted by Crippen LogP contribution is -2.14. The summed E-state index contributed by atoms with van der Waals surface area (Å²) in [6, 6.07) is 6.21. The quantitative estimate of drug-likeness (QED) is 0.293. The van der Waals surface area contributed by atoms with E-state index in [9.17, 15) is 34.3 Å². The van der Waals surface area contributed by atoms with E-state index in [2.05, 4.69) is 15.4 Å². The molecule has 2 rings (SSSR count). The molecule has 160 valence electrons. The Morgan fingerprint density at radius 3 is 2.41 bits per heavy atom. The van der Waals surface area contributed by atoms with Gasteiger partial charge in [0.05, 0.1) is 11.5 Å².